The third kappa shape index (κ3) is 1.15. The van der Waals surface area contributed by atoms with E-state index < -0.39 is 0 Å². The zero-order valence-electron chi connectivity index (χ0n) is 5.09. The Balaban J connectivity index is 2.51. The molecule has 0 bridgehead atoms. The summed E-state index contributed by atoms with van der Waals surface area (Å²) in [6.07, 6.45) is 3.92. The Morgan fingerprint density at radius 1 is 1.75 bits per heavy atom. The zero-order chi connectivity index (χ0) is 5.82. The number of hydrogen-bond acceptors (Lipinski definition) is 2. The SMILES string of the molecule is CCC1=NCCC=N1. The first-order valence-electron chi connectivity index (χ1n) is 2.99. The molecular formula is C6H10N2. The molecule has 44 valence electrons. The van der Waals surface area contributed by atoms with Crippen LogP contribution in [-0.4, -0.2) is 18.6 Å². The summed E-state index contributed by atoms with van der Waals surface area (Å²) in [6, 6.07) is 0. The van der Waals surface area contributed by atoms with Crippen LogP contribution < -0.4 is 0 Å². The zero-order valence-corrected chi connectivity index (χ0v) is 5.09. The summed E-state index contributed by atoms with van der Waals surface area (Å²) >= 11 is 0. The average Bonchev–Trinajstić information content (AvgIpc) is 1.90. The van der Waals surface area contributed by atoms with E-state index in [1.54, 1.807) is 0 Å². The lowest BCUT2D eigenvalue weighted by Crippen LogP contribution is -2.00. The third-order valence-electron chi connectivity index (χ3n) is 1.11. The Bertz CT molecular complexity index is 124. The van der Waals surface area contributed by atoms with E-state index in [0.717, 1.165) is 25.2 Å². The predicted octanol–water partition coefficient (Wildman–Crippen LogP) is 1.27. The van der Waals surface area contributed by atoms with E-state index in [2.05, 4.69) is 16.9 Å². The molecule has 2 heteroatoms. The number of amidine groups is 1. The lowest BCUT2D eigenvalue weighted by atomic mass is 10.4. The van der Waals surface area contributed by atoms with Gasteiger partial charge in [-0.25, -0.2) is 4.99 Å². The van der Waals surface area contributed by atoms with Gasteiger partial charge in [0.25, 0.3) is 0 Å². The van der Waals surface area contributed by atoms with E-state index in [4.69, 9.17) is 0 Å². The van der Waals surface area contributed by atoms with Crippen LogP contribution in [-0.2, 0) is 0 Å². The minimum Gasteiger partial charge on any atom is -0.270 e. The monoisotopic (exact) mass is 110 g/mol. The van der Waals surface area contributed by atoms with Gasteiger partial charge in [0.05, 0.1) is 0 Å². The van der Waals surface area contributed by atoms with Crippen molar-refractivity contribution in [3.05, 3.63) is 0 Å². The van der Waals surface area contributed by atoms with E-state index in [-0.39, 0.29) is 0 Å². The van der Waals surface area contributed by atoms with Gasteiger partial charge in [0.1, 0.15) is 5.84 Å². The minimum absolute atomic E-state index is 0.937. The number of nitrogens with zero attached hydrogens (tertiary/aromatic N) is 2. The van der Waals surface area contributed by atoms with Gasteiger partial charge in [-0.1, -0.05) is 6.92 Å². The Labute approximate surface area is 49.3 Å². The van der Waals surface area contributed by atoms with Crippen molar-refractivity contribution in [2.45, 2.75) is 19.8 Å². The fourth-order valence-corrected chi connectivity index (χ4v) is 0.665. The summed E-state index contributed by atoms with van der Waals surface area (Å²) in [6.45, 7) is 3.01. The minimum atomic E-state index is 0.937. The van der Waals surface area contributed by atoms with Gasteiger partial charge in [0, 0.05) is 25.6 Å². The first-order chi connectivity index (χ1) is 3.93. The van der Waals surface area contributed by atoms with Crippen molar-refractivity contribution in [1.29, 1.82) is 0 Å². The molecule has 0 aromatic carbocycles. The van der Waals surface area contributed by atoms with Crippen LogP contribution in [0, 0.1) is 0 Å². The second-order valence-corrected chi connectivity index (χ2v) is 1.75. The van der Waals surface area contributed by atoms with Gasteiger partial charge in [0.15, 0.2) is 0 Å². The molecule has 1 aliphatic rings. The summed E-state index contributed by atoms with van der Waals surface area (Å²) in [7, 11) is 0. The van der Waals surface area contributed by atoms with Gasteiger partial charge in [-0.3, -0.25) is 4.99 Å². The van der Waals surface area contributed by atoms with Crippen LogP contribution in [0.1, 0.15) is 19.8 Å². The number of aliphatic imine (C=N–C) groups is 2. The van der Waals surface area contributed by atoms with Crippen molar-refractivity contribution in [3.8, 4) is 0 Å². The Morgan fingerprint density at radius 3 is 3.00 bits per heavy atom. The highest BCUT2D eigenvalue weighted by Crippen LogP contribution is 1.94. The molecule has 1 aliphatic heterocycles. The summed E-state index contributed by atoms with van der Waals surface area (Å²) in [5, 5.41) is 0. The summed E-state index contributed by atoms with van der Waals surface area (Å²) in [5.74, 6) is 0.997. The third-order valence-corrected chi connectivity index (χ3v) is 1.11. The van der Waals surface area contributed by atoms with E-state index in [1.165, 1.54) is 0 Å². The van der Waals surface area contributed by atoms with Gasteiger partial charge in [0.2, 0.25) is 0 Å². The molecule has 0 aromatic heterocycles. The van der Waals surface area contributed by atoms with Gasteiger partial charge in [-0.15, -0.1) is 0 Å². The molecule has 0 radical (unpaired) electrons. The second-order valence-electron chi connectivity index (χ2n) is 1.75. The topological polar surface area (TPSA) is 24.7 Å². The molecule has 0 aromatic rings. The predicted molar refractivity (Wildman–Crippen MR) is 35.7 cm³/mol. The van der Waals surface area contributed by atoms with Crippen LogP contribution in [0.3, 0.4) is 0 Å². The smallest absolute Gasteiger partial charge is 0.122 e. The Kier molecular flexibility index (Phi) is 1.78. The van der Waals surface area contributed by atoms with E-state index in [1.807, 2.05) is 6.21 Å². The van der Waals surface area contributed by atoms with Crippen LogP contribution in [0.15, 0.2) is 9.98 Å². The van der Waals surface area contributed by atoms with Crippen LogP contribution in [0.2, 0.25) is 0 Å². The molecule has 0 N–H and O–H groups in total. The number of hydrogen-bond donors (Lipinski definition) is 0. The summed E-state index contributed by atoms with van der Waals surface area (Å²) < 4.78 is 0. The van der Waals surface area contributed by atoms with E-state index >= 15 is 0 Å². The highest BCUT2D eigenvalue weighted by atomic mass is 14.9. The molecule has 0 spiro atoms. The summed E-state index contributed by atoms with van der Waals surface area (Å²) in [4.78, 5) is 8.24. The molecule has 0 saturated heterocycles. The van der Waals surface area contributed by atoms with Crippen molar-refractivity contribution in [3.63, 3.8) is 0 Å². The van der Waals surface area contributed by atoms with Crippen molar-refractivity contribution in [1.82, 2.24) is 0 Å². The van der Waals surface area contributed by atoms with Gasteiger partial charge in [-0.05, 0) is 0 Å². The molecule has 0 amide bonds. The highest BCUT2D eigenvalue weighted by molar-refractivity contribution is 5.90. The molecule has 2 nitrogen and oxygen atoms in total. The van der Waals surface area contributed by atoms with Gasteiger partial charge >= 0.3 is 0 Å². The van der Waals surface area contributed by atoms with Crippen LogP contribution in [0.4, 0.5) is 0 Å². The maximum absolute atomic E-state index is 4.17. The quantitative estimate of drug-likeness (QED) is 0.485. The second kappa shape index (κ2) is 2.60. The molecule has 0 unspecified atom stereocenters. The van der Waals surface area contributed by atoms with Crippen molar-refractivity contribution in [2.24, 2.45) is 9.98 Å². The first-order valence-corrected chi connectivity index (χ1v) is 2.99. The summed E-state index contributed by atoms with van der Waals surface area (Å²) in [5.41, 5.74) is 0. The van der Waals surface area contributed by atoms with Crippen LogP contribution in [0.25, 0.3) is 0 Å². The van der Waals surface area contributed by atoms with Crippen LogP contribution >= 0.6 is 0 Å². The average molecular weight is 110 g/mol. The highest BCUT2D eigenvalue weighted by Gasteiger charge is 1.93. The normalized spacial score (nSPS) is 18.4. The first kappa shape index (κ1) is 5.48. The fourth-order valence-electron chi connectivity index (χ4n) is 0.665. The Morgan fingerprint density at radius 2 is 2.62 bits per heavy atom. The largest absolute Gasteiger partial charge is 0.270 e. The lowest BCUT2D eigenvalue weighted by molar-refractivity contribution is 1.01. The van der Waals surface area contributed by atoms with Crippen molar-refractivity contribution in [2.75, 3.05) is 6.54 Å². The molecule has 0 atom stereocenters. The van der Waals surface area contributed by atoms with Crippen molar-refractivity contribution >= 4 is 12.1 Å². The lowest BCUT2D eigenvalue weighted by Gasteiger charge is -1.99. The van der Waals surface area contributed by atoms with Crippen molar-refractivity contribution < 1.29 is 0 Å². The molecule has 0 fully saturated rings. The van der Waals surface area contributed by atoms with E-state index in [0.29, 0.717) is 0 Å². The molecule has 0 saturated carbocycles. The molecular weight excluding hydrogens is 100 g/mol. The van der Waals surface area contributed by atoms with Gasteiger partial charge < -0.3 is 0 Å². The van der Waals surface area contributed by atoms with Gasteiger partial charge in [-0.2, -0.15) is 0 Å². The molecule has 8 heavy (non-hydrogen) atoms. The number of rotatable bonds is 1. The van der Waals surface area contributed by atoms with E-state index in [9.17, 15) is 0 Å². The fraction of sp³-hybridized carbons (Fsp3) is 0.667. The Hall–Kier alpha value is -0.660. The van der Waals surface area contributed by atoms with Crippen LogP contribution in [0.5, 0.6) is 0 Å². The maximum atomic E-state index is 4.17. The molecule has 1 heterocycles. The maximum Gasteiger partial charge on any atom is 0.122 e. The molecule has 0 aliphatic carbocycles. The molecule has 1 rings (SSSR count). The standard InChI is InChI=1S/C6H10N2/c1-2-6-7-4-3-5-8-6/h4H,2-3,5H2,1H3.